The average molecular weight is 793 g/mol. The van der Waals surface area contributed by atoms with E-state index < -0.39 is 6.04 Å². The molecule has 4 atom stereocenters. The van der Waals surface area contributed by atoms with Crippen molar-refractivity contribution < 1.29 is 29.0 Å². The number of nitrogens with one attached hydrogen (secondary N) is 1. The summed E-state index contributed by atoms with van der Waals surface area (Å²) in [6.07, 6.45) is 26.9. The third-order valence-corrected chi connectivity index (χ3v) is 16.4. The molecule has 0 aromatic rings. The number of nitrogens with zero attached hydrogens (tertiary/aromatic N) is 3. The Bertz CT molecular complexity index is 1380. The lowest BCUT2D eigenvalue weighted by atomic mass is 9.68. The minimum Gasteiger partial charge on any atom is -0.393 e. The van der Waals surface area contributed by atoms with Crippen LogP contribution in [0.5, 0.6) is 0 Å². The molecular weight excluding hydrogens is 717 g/mol. The summed E-state index contributed by atoms with van der Waals surface area (Å²) in [5.41, 5.74) is 3.70. The highest BCUT2D eigenvalue weighted by atomic mass is 16.5. The average Bonchev–Trinajstić information content (AvgIpc) is 3.56. The van der Waals surface area contributed by atoms with E-state index in [9.17, 15) is 19.5 Å². The van der Waals surface area contributed by atoms with Crippen molar-refractivity contribution in [2.75, 3.05) is 45.9 Å². The summed E-state index contributed by atoms with van der Waals surface area (Å²) in [7, 11) is 0. The number of ether oxygens (including phenoxy) is 2. The number of fused-ring (bicyclic) bond motifs is 1. The van der Waals surface area contributed by atoms with Gasteiger partial charge < -0.3 is 19.5 Å². The lowest BCUT2D eigenvalue weighted by Gasteiger charge is -2.42. The lowest BCUT2D eigenvalue weighted by Crippen LogP contribution is -2.53. The predicted molar refractivity (Wildman–Crippen MR) is 221 cm³/mol. The number of hydrogen-bond acceptors (Lipinski definition) is 8. The first-order valence-corrected chi connectivity index (χ1v) is 24.1. The van der Waals surface area contributed by atoms with Crippen molar-refractivity contribution in [1.82, 2.24) is 20.0 Å². The molecule has 2 N–H and O–H groups in total. The van der Waals surface area contributed by atoms with E-state index in [2.05, 4.69) is 22.0 Å². The third-order valence-electron chi connectivity index (χ3n) is 16.4. The monoisotopic (exact) mass is 793 g/mol. The molecule has 57 heavy (non-hydrogen) atoms. The van der Waals surface area contributed by atoms with Gasteiger partial charge in [-0.2, -0.15) is 0 Å². The first-order valence-electron chi connectivity index (χ1n) is 24.1. The predicted octanol–water partition coefficient (Wildman–Crippen LogP) is 6.78. The van der Waals surface area contributed by atoms with E-state index in [4.69, 9.17) is 9.47 Å². The van der Waals surface area contributed by atoms with E-state index in [0.717, 1.165) is 109 Å². The molecule has 3 aliphatic heterocycles. The Hall–Kier alpha value is -1.85. The molecule has 3 amide bonds. The summed E-state index contributed by atoms with van der Waals surface area (Å²) in [6.45, 7) is 9.16. The Balaban J connectivity index is 0.714. The number of carbonyl (C=O) groups excluding carboxylic acids is 3. The molecule has 320 valence electrons. The summed E-state index contributed by atoms with van der Waals surface area (Å²) < 4.78 is 13.3. The summed E-state index contributed by atoms with van der Waals surface area (Å²) in [5, 5.41) is 12.8. The molecule has 3 heterocycles. The zero-order valence-corrected chi connectivity index (χ0v) is 35.4. The highest BCUT2D eigenvalue weighted by molar-refractivity contribution is 6.02. The second-order valence-corrected chi connectivity index (χ2v) is 19.7. The van der Waals surface area contributed by atoms with Crippen molar-refractivity contribution in [1.29, 1.82) is 0 Å². The Morgan fingerprint density at radius 3 is 2.04 bits per heavy atom. The molecule has 0 bridgehead atoms. The van der Waals surface area contributed by atoms with E-state index in [1.165, 1.54) is 77.0 Å². The van der Waals surface area contributed by atoms with Crippen LogP contribution >= 0.6 is 0 Å². The third kappa shape index (κ3) is 10.2. The molecule has 5 aliphatic carbocycles. The number of allylic oxidation sites excluding steroid dienone is 2. The Morgan fingerprint density at radius 1 is 0.719 bits per heavy atom. The van der Waals surface area contributed by atoms with Crippen LogP contribution < -0.4 is 5.32 Å². The zero-order valence-electron chi connectivity index (χ0n) is 35.4. The molecule has 0 spiro atoms. The summed E-state index contributed by atoms with van der Waals surface area (Å²) in [5.74, 6) is 2.20. The lowest BCUT2D eigenvalue weighted by molar-refractivity contribution is -0.144. The SMILES string of the molecule is CC/C(=C(\C1CCC(O)CC1)C1CCC(OC2CCC(OCCN3CCN(C4CCC5C(=O)N(C6CCC(=O)NC6=O)CC5C4)CC3)CC2)CC1)C1CCCCC1. The van der Waals surface area contributed by atoms with Gasteiger partial charge in [0, 0.05) is 57.6 Å². The van der Waals surface area contributed by atoms with E-state index in [-0.39, 0.29) is 29.7 Å². The van der Waals surface area contributed by atoms with Crippen LogP contribution in [0.1, 0.15) is 155 Å². The molecule has 10 heteroatoms. The Kier molecular flexibility index (Phi) is 14.5. The first kappa shape index (κ1) is 41.9. The second-order valence-electron chi connectivity index (χ2n) is 19.7. The molecule has 3 saturated heterocycles. The van der Waals surface area contributed by atoms with Crippen molar-refractivity contribution in [3.05, 3.63) is 11.1 Å². The Labute approximate surface area is 343 Å². The summed E-state index contributed by atoms with van der Waals surface area (Å²) in [4.78, 5) is 44.4. The van der Waals surface area contributed by atoms with Crippen molar-refractivity contribution in [3.63, 3.8) is 0 Å². The van der Waals surface area contributed by atoms with Crippen molar-refractivity contribution in [2.45, 2.75) is 191 Å². The maximum absolute atomic E-state index is 13.3. The molecule has 0 aromatic carbocycles. The molecule has 0 radical (unpaired) electrons. The van der Waals surface area contributed by atoms with Gasteiger partial charge in [0.1, 0.15) is 6.04 Å². The normalized spacial score (nSPS) is 38.5. The number of piperidine rings is 1. The standard InChI is InChI=1S/C47H76N4O6/c1-2-41(32-6-4-3-5-7-32)45(33-8-13-37(52)14-9-33)34-10-15-39(16-11-34)57-40-19-17-38(18-20-40)56-29-28-49-24-26-50(27-25-49)36-12-21-42-35(30-36)31-51(47(42)55)43-22-23-44(53)48-46(43)54/h32-40,42-43,52H,2-31H2,1H3,(H,48,53,54)/b45-41-. The number of aliphatic hydroxyl groups excluding tert-OH is 1. The van der Waals surface area contributed by atoms with Gasteiger partial charge in [0.15, 0.2) is 0 Å². The fraction of sp³-hybridized carbons (Fsp3) is 0.894. The van der Waals surface area contributed by atoms with E-state index in [1.54, 1.807) is 4.90 Å². The van der Waals surface area contributed by atoms with Crippen LogP contribution in [0.3, 0.4) is 0 Å². The number of hydrogen-bond donors (Lipinski definition) is 2. The maximum Gasteiger partial charge on any atom is 0.249 e. The molecule has 8 fully saturated rings. The molecule has 4 unspecified atom stereocenters. The smallest absolute Gasteiger partial charge is 0.249 e. The second kappa shape index (κ2) is 19.7. The number of carbonyl (C=O) groups is 3. The van der Waals surface area contributed by atoms with Gasteiger partial charge in [-0.1, -0.05) is 37.3 Å². The van der Waals surface area contributed by atoms with Crippen LogP contribution in [0, 0.1) is 29.6 Å². The van der Waals surface area contributed by atoms with Crippen molar-refractivity contribution >= 4 is 17.7 Å². The van der Waals surface area contributed by atoms with Crippen LogP contribution in [0.25, 0.3) is 0 Å². The van der Waals surface area contributed by atoms with Crippen LogP contribution in [0.2, 0.25) is 0 Å². The van der Waals surface area contributed by atoms with Crippen LogP contribution in [0.4, 0.5) is 0 Å². The molecular formula is C47H76N4O6. The van der Waals surface area contributed by atoms with Gasteiger partial charge in [-0.05, 0) is 146 Å². The highest BCUT2D eigenvalue weighted by Gasteiger charge is 2.49. The number of piperazine rings is 1. The minimum atomic E-state index is -0.478. The highest BCUT2D eigenvalue weighted by Crippen LogP contribution is 2.46. The van der Waals surface area contributed by atoms with Crippen molar-refractivity contribution in [3.8, 4) is 0 Å². The van der Waals surface area contributed by atoms with Crippen LogP contribution in [0.15, 0.2) is 11.1 Å². The molecule has 8 aliphatic rings. The summed E-state index contributed by atoms with van der Waals surface area (Å²) >= 11 is 0. The topological polar surface area (TPSA) is 112 Å². The maximum atomic E-state index is 13.3. The van der Waals surface area contributed by atoms with Gasteiger partial charge in [-0.15, -0.1) is 0 Å². The number of likely N-dealkylation sites (tertiary alicyclic amines) is 1. The van der Waals surface area contributed by atoms with Gasteiger partial charge in [-0.25, -0.2) is 0 Å². The van der Waals surface area contributed by atoms with Gasteiger partial charge in [-0.3, -0.25) is 29.5 Å². The molecule has 8 rings (SSSR count). The van der Waals surface area contributed by atoms with E-state index in [0.29, 0.717) is 55.6 Å². The zero-order chi connectivity index (χ0) is 39.3. The quantitative estimate of drug-likeness (QED) is 0.165. The summed E-state index contributed by atoms with van der Waals surface area (Å²) in [6, 6.07) is 0.0346. The fourth-order valence-electron chi connectivity index (χ4n) is 13.2. The molecule has 5 saturated carbocycles. The van der Waals surface area contributed by atoms with E-state index >= 15 is 0 Å². The van der Waals surface area contributed by atoms with Crippen LogP contribution in [-0.4, -0.2) is 120 Å². The number of aliphatic hydroxyl groups is 1. The number of rotatable bonds is 12. The van der Waals surface area contributed by atoms with Gasteiger partial charge in [0.2, 0.25) is 17.7 Å². The van der Waals surface area contributed by atoms with Crippen molar-refractivity contribution in [2.24, 2.45) is 29.6 Å². The number of amides is 3. The van der Waals surface area contributed by atoms with Gasteiger partial charge in [0.25, 0.3) is 0 Å². The largest absolute Gasteiger partial charge is 0.393 e. The van der Waals surface area contributed by atoms with Crippen LogP contribution in [-0.2, 0) is 23.9 Å². The Morgan fingerprint density at radius 2 is 1.37 bits per heavy atom. The molecule has 0 aromatic heterocycles. The molecule has 10 nitrogen and oxygen atoms in total. The minimum absolute atomic E-state index is 0.0380. The van der Waals surface area contributed by atoms with Gasteiger partial charge >= 0.3 is 0 Å². The van der Waals surface area contributed by atoms with E-state index in [1.807, 2.05) is 11.1 Å². The number of imide groups is 1. The van der Waals surface area contributed by atoms with Gasteiger partial charge in [0.05, 0.1) is 31.0 Å². The first-order chi connectivity index (χ1) is 27.8. The fourth-order valence-corrected chi connectivity index (χ4v) is 13.2.